The van der Waals surface area contributed by atoms with E-state index >= 15 is 0 Å². The van der Waals surface area contributed by atoms with Crippen LogP contribution in [0.15, 0.2) is 42.5 Å². The molecule has 1 heterocycles. The molecule has 2 aromatic carbocycles. The molecule has 0 spiro atoms. The summed E-state index contributed by atoms with van der Waals surface area (Å²) in [5, 5.41) is 3.43. The molecular weight excluding hydrogens is 333 g/mol. The van der Waals surface area contributed by atoms with E-state index in [9.17, 15) is 9.18 Å². The molecular formula is C20H18FN3O2. The number of carbonyl (C=O) groups is 1. The Kier molecular flexibility index (Phi) is 4.24. The predicted octanol–water partition coefficient (Wildman–Crippen LogP) is 4.19. The third-order valence-corrected chi connectivity index (χ3v) is 4.65. The fourth-order valence-electron chi connectivity index (χ4n) is 2.95. The fraction of sp³-hybridized carbons (Fsp3) is 0.250. The SMILES string of the molecule is COC(=O)c1ccc2nc(-c3ccc(F)cc3)c(NC3CCC3)nc2c1. The van der Waals surface area contributed by atoms with Crippen molar-refractivity contribution in [1.29, 1.82) is 0 Å². The van der Waals surface area contributed by atoms with Crippen LogP contribution in [0.3, 0.4) is 0 Å². The molecule has 1 aliphatic rings. The fourth-order valence-corrected chi connectivity index (χ4v) is 2.95. The first kappa shape index (κ1) is 16.4. The highest BCUT2D eigenvalue weighted by molar-refractivity contribution is 5.94. The van der Waals surface area contributed by atoms with Crippen molar-refractivity contribution in [3.8, 4) is 11.3 Å². The largest absolute Gasteiger partial charge is 0.465 e. The smallest absolute Gasteiger partial charge is 0.337 e. The van der Waals surface area contributed by atoms with Gasteiger partial charge in [0.05, 0.1) is 23.7 Å². The lowest BCUT2D eigenvalue weighted by atomic mass is 9.93. The number of rotatable bonds is 4. The monoisotopic (exact) mass is 351 g/mol. The van der Waals surface area contributed by atoms with Gasteiger partial charge >= 0.3 is 5.97 Å². The van der Waals surface area contributed by atoms with Gasteiger partial charge in [0.1, 0.15) is 11.5 Å². The highest BCUT2D eigenvalue weighted by Crippen LogP contribution is 2.31. The standard InChI is InChI=1S/C20H18FN3O2/c1-26-20(25)13-7-10-16-17(11-13)24-19(22-15-3-2-4-15)18(23-16)12-5-8-14(21)9-6-12/h5-11,15H,2-4H2,1H3,(H,22,24). The highest BCUT2D eigenvalue weighted by atomic mass is 19.1. The lowest BCUT2D eigenvalue weighted by Crippen LogP contribution is -2.28. The maximum atomic E-state index is 13.3. The number of nitrogens with one attached hydrogen (secondary N) is 1. The van der Waals surface area contributed by atoms with E-state index in [2.05, 4.69) is 5.32 Å². The number of methoxy groups -OCH3 is 1. The van der Waals surface area contributed by atoms with E-state index in [4.69, 9.17) is 14.7 Å². The first-order valence-corrected chi connectivity index (χ1v) is 8.56. The molecule has 0 saturated heterocycles. The van der Waals surface area contributed by atoms with Gasteiger partial charge in [0, 0.05) is 11.6 Å². The summed E-state index contributed by atoms with van der Waals surface area (Å²) >= 11 is 0. The van der Waals surface area contributed by atoms with Crippen LogP contribution in [0.2, 0.25) is 0 Å². The average Bonchev–Trinajstić information content (AvgIpc) is 2.63. The van der Waals surface area contributed by atoms with E-state index in [0.29, 0.717) is 34.2 Å². The summed E-state index contributed by atoms with van der Waals surface area (Å²) in [5.74, 6) is -0.0562. The van der Waals surface area contributed by atoms with Gasteiger partial charge in [-0.1, -0.05) is 0 Å². The number of nitrogens with zero attached hydrogens (tertiary/aromatic N) is 2. The normalized spacial score (nSPS) is 14.1. The van der Waals surface area contributed by atoms with Crippen molar-refractivity contribution in [2.24, 2.45) is 0 Å². The molecule has 1 aromatic heterocycles. The number of fused-ring (bicyclic) bond motifs is 1. The summed E-state index contributed by atoms with van der Waals surface area (Å²) in [6, 6.07) is 11.7. The number of hydrogen-bond donors (Lipinski definition) is 1. The van der Waals surface area contributed by atoms with Gasteiger partial charge in [-0.05, 0) is 61.7 Å². The maximum Gasteiger partial charge on any atom is 0.337 e. The van der Waals surface area contributed by atoms with Gasteiger partial charge in [-0.3, -0.25) is 0 Å². The zero-order valence-corrected chi connectivity index (χ0v) is 14.3. The zero-order chi connectivity index (χ0) is 18.1. The third kappa shape index (κ3) is 3.10. The van der Waals surface area contributed by atoms with Gasteiger partial charge in [-0.25, -0.2) is 19.2 Å². The highest BCUT2D eigenvalue weighted by Gasteiger charge is 2.21. The number of anilines is 1. The molecule has 0 amide bonds. The van der Waals surface area contributed by atoms with E-state index in [0.717, 1.165) is 18.4 Å². The number of esters is 1. The Morgan fingerprint density at radius 3 is 2.54 bits per heavy atom. The Morgan fingerprint density at radius 1 is 1.12 bits per heavy atom. The number of carbonyl (C=O) groups excluding carboxylic acids is 1. The van der Waals surface area contributed by atoms with Crippen molar-refractivity contribution in [2.45, 2.75) is 25.3 Å². The molecule has 0 unspecified atom stereocenters. The molecule has 1 aliphatic carbocycles. The molecule has 4 rings (SSSR count). The van der Waals surface area contributed by atoms with E-state index in [1.54, 1.807) is 30.3 Å². The van der Waals surface area contributed by atoms with Gasteiger partial charge in [0.25, 0.3) is 0 Å². The van der Waals surface area contributed by atoms with Gasteiger partial charge in [0.2, 0.25) is 0 Å². The Balaban J connectivity index is 1.83. The number of benzene rings is 2. The van der Waals surface area contributed by atoms with Crippen LogP contribution in [-0.2, 0) is 4.74 Å². The molecule has 1 fully saturated rings. The Hall–Kier alpha value is -3.02. The second-order valence-electron chi connectivity index (χ2n) is 6.39. The van der Waals surface area contributed by atoms with Gasteiger partial charge < -0.3 is 10.1 Å². The Morgan fingerprint density at radius 2 is 1.88 bits per heavy atom. The summed E-state index contributed by atoms with van der Waals surface area (Å²) in [4.78, 5) is 21.2. The van der Waals surface area contributed by atoms with Crippen molar-refractivity contribution >= 4 is 22.8 Å². The lowest BCUT2D eigenvalue weighted by molar-refractivity contribution is 0.0601. The van der Waals surface area contributed by atoms with Crippen LogP contribution in [0.4, 0.5) is 10.2 Å². The Labute approximate surface area is 150 Å². The first-order chi connectivity index (χ1) is 12.6. The molecule has 26 heavy (non-hydrogen) atoms. The average molecular weight is 351 g/mol. The quantitative estimate of drug-likeness (QED) is 0.714. The number of hydrogen-bond acceptors (Lipinski definition) is 5. The van der Waals surface area contributed by atoms with E-state index in [1.807, 2.05) is 0 Å². The summed E-state index contributed by atoms with van der Waals surface area (Å²) in [6.45, 7) is 0. The van der Waals surface area contributed by atoms with Gasteiger partial charge in [-0.2, -0.15) is 0 Å². The molecule has 132 valence electrons. The van der Waals surface area contributed by atoms with E-state index < -0.39 is 5.97 Å². The minimum Gasteiger partial charge on any atom is -0.465 e. The topological polar surface area (TPSA) is 64.1 Å². The van der Waals surface area contributed by atoms with Crippen molar-refractivity contribution in [3.05, 3.63) is 53.8 Å². The van der Waals surface area contributed by atoms with Crippen LogP contribution in [0.5, 0.6) is 0 Å². The number of ether oxygens (including phenoxy) is 1. The zero-order valence-electron chi connectivity index (χ0n) is 14.3. The molecule has 6 heteroatoms. The molecule has 0 bridgehead atoms. The van der Waals surface area contributed by atoms with Gasteiger partial charge in [-0.15, -0.1) is 0 Å². The van der Waals surface area contributed by atoms with Crippen molar-refractivity contribution in [1.82, 2.24) is 9.97 Å². The van der Waals surface area contributed by atoms with Crippen LogP contribution in [-0.4, -0.2) is 29.1 Å². The second kappa shape index (κ2) is 6.71. The molecule has 3 aromatic rings. The van der Waals surface area contributed by atoms with Gasteiger partial charge in [0.15, 0.2) is 5.82 Å². The van der Waals surface area contributed by atoms with Crippen molar-refractivity contribution < 1.29 is 13.9 Å². The Bertz CT molecular complexity index is 969. The summed E-state index contributed by atoms with van der Waals surface area (Å²) in [5.41, 5.74) is 3.17. The predicted molar refractivity (Wildman–Crippen MR) is 97.5 cm³/mol. The number of halogens is 1. The summed E-state index contributed by atoms with van der Waals surface area (Å²) in [6.07, 6.45) is 3.37. The molecule has 0 aliphatic heterocycles. The maximum absolute atomic E-state index is 13.3. The van der Waals surface area contributed by atoms with E-state index in [-0.39, 0.29) is 5.82 Å². The van der Waals surface area contributed by atoms with Crippen molar-refractivity contribution in [2.75, 3.05) is 12.4 Å². The number of aromatic nitrogens is 2. The summed E-state index contributed by atoms with van der Waals surface area (Å²) < 4.78 is 18.1. The molecule has 1 N–H and O–H groups in total. The minimum absolute atomic E-state index is 0.293. The lowest BCUT2D eigenvalue weighted by Gasteiger charge is -2.27. The van der Waals surface area contributed by atoms with Crippen LogP contribution in [0.25, 0.3) is 22.3 Å². The third-order valence-electron chi connectivity index (χ3n) is 4.65. The summed E-state index contributed by atoms with van der Waals surface area (Å²) in [7, 11) is 1.35. The first-order valence-electron chi connectivity index (χ1n) is 8.56. The van der Waals surface area contributed by atoms with Crippen LogP contribution in [0.1, 0.15) is 29.6 Å². The molecule has 1 saturated carbocycles. The second-order valence-corrected chi connectivity index (χ2v) is 6.39. The van der Waals surface area contributed by atoms with Crippen LogP contribution < -0.4 is 5.32 Å². The van der Waals surface area contributed by atoms with Crippen LogP contribution in [0, 0.1) is 5.82 Å². The molecule has 0 radical (unpaired) electrons. The van der Waals surface area contributed by atoms with Crippen LogP contribution >= 0.6 is 0 Å². The minimum atomic E-state index is -0.412. The van der Waals surface area contributed by atoms with Crippen molar-refractivity contribution in [3.63, 3.8) is 0 Å². The molecule has 0 atom stereocenters. The van der Waals surface area contributed by atoms with E-state index in [1.165, 1.54) is 25.7 Å². The molecule has 5 nitrogen and oxygen atoms in total.